The van der Waals surface area contributed by atoms with E-state index in [4.69, 9.17) is 9.47 Å². The van der Waals surface area contributed by atoms with E-state index in [0.29, 0.717) is 41.1 Å². The fourth-order valence-corrected chi connectivity index (χ4v) is 3.61. The van der Waals surface area contributed by atoms with E-state index in [1.807, 2.05) is 0 Å². The first-order chi connectivity index (χ1) is 14.1. The van der Waals surface area contributed by atoms with E-state index in [0.717, 1.165) is 5.56 Å². The van der Waals surface area contributed by atoms with Gasteiger partial charge in [0.2, 0.25) is 5.91 Å². The van der Waals surface area contributed by atoms with Crippen molar-refractivity contribution in [1.29, 1.82) is 0 Å². The van der Waals surface area contributed by atoms with Crippen molar-refractivity contribution in [3.63, 3.8) is 0 Å². The van der Waals surface area contributed by atoms with Gasteiger partial charge in [0.05, 0.1) is 12.1 Å². The number of hydrogen-bond donors (Lipinski definition) is 1. The number of benzene rings is 2. The molecule has 2 heterocycles. The average molecular weight is 418 g/mol. The summed E-state index contributed by atoms with van der Waals surface area (Å²) in [4.78, 5) is 16.7. The van der Waals surface area contributed by atoms with Crippen molar-refractivity contribution in [2.24, 2.45) is 0 Å². The lowest BCUT2D eigenvalue weighted by molar-refractivity contribution is -0.115. The van der Waals surface area contributed by atoms with E-state index >= 15 is 0 Å². The maximum Gasteiger partial charge on any atom is 0.387 e. The summed E-state index contributed by atoms with van der Waals surface area (Å²) in [6, 6.07) is 11.7. The molecule has 1 aliphatic heterocycles. The first-order valence-electron chi connectivity index (χ1n) is 8.76. The number of ether oxygens (including phenoxy) is 3. The molecule has 0 bridgehead atoms. The number of nitrogens with one attached hydrogen (secondary N) is 1. The van der Waals surface area contributed by atoms with Gasteiger partial charge < -0.3 is 19.5 Å². The Morgan fingerprint density at radius 2 is 1.97 bits per heavy atom. The van der Waals surface area contributed by atoms with Crippen LogP contribution in [0.5, 0.6) is 17.2 Å². The molecule has 0 fully saturated rings. The van der Waals surface area contributed by atoms with Crippen molar-refractivity contribution in [2.75, 3.05) is 18.5 Å². The molecule has 1 amide bonds. The average Bonchev–Trinajstić information content (AvgIpc) is 3.16. The van der Waals surface area contributed by atoms with Crippen LogP contribution in [0.2, 0.25) is 0 Å². The summed E-state index contributed by atoms with van der Waals surface area (Å²) in [7, 11) is 0. The van der Waals surface area contributed by atoms with Crippen molar-refractivity contribution in [3.8, 4) is 28.5 Å². The fourth-order valence-electron chi connectivity index (χ4n) is 2.88. The molecular weight excluding hydrogens is 402 g/mol. The summed E-state index contributed by atoms with van der Waals surface area (Å²) >= 11 is 1.20. The van der Waals surface area contributed by atoms with Crippen LogP contribution >= 0.6 is 11.3 Å². The monoisotopic (exact) mass is 418 g/mol. The second-order valence-corrected chi connectivity index (χ2v) is 6.97. The molecule has 0 saturated carbocycles. The third-order valence-corrected chi connectivity index (χ3v) is 4.86. The highest BCUT2D eigenvalue weighted by Gasteiger charge is 2.16. The zero-order valence-electron chi connectivity index (χ0n) is 15.1. The molecule has 1 aliphatic rings. The molecule has 0 aliphatic carbocycles. The van der Waals surface area contributed by atoms with Crippen LogP contribution in [0.25, 0.3) is 11.3 Å². The van der Waals surface area contributed by atoms with Crippen molar-refractivity contribution >= 4 is 22.4 Å². The number of halogens is 2. The number of amides is 1. The number of anilines is 1. The molecule has 1 aromatic heterocycles. The third kappa shape index (κ3) is 4.62. The summed E-state index contributed by atoms with van der Waals surface area (Å²) in [6.45, 7) is -1.95. The van der Waals surface area contributed by atoms with Crippen LogP contribution in [0.3, 0.4) is 0 Å². The Kier molecular flexibility index (Phi) is 5.57. The van der Waals surface area contributed by atoms with Gasteiger partial charge in [0.15, 0.2) is 16.6 Å². The Labute approximate surface area is 169 Å². The minimum atomic E-state index is -2.93. The summed E-state index contributed by atoms with van der Waals surface area (Å²) in [5.74, 6) is 1.06. The number of alkyl halides is 2. The molecule has 0 atom stereocenters. The number of aromatic nitrogens is 1. The Balaban J connectivity index is 1.44. The molecule has 3 aromatic rings. The Bertz CT molecular complexity index is 1030. The fraction of sp³-hybridized carbons (Fsp3) is 0.200. The molecule has 2 aromatic carbocycles. The van der Waals surface area contributed by atoms with E-state index in [1.165, 1.54) is 17.4 Å². The molecule has 4 rings (SSSR count). The Morgan fingerprint density at radius 3 is 2.79 bits per heavy atom. The minimum absolute atomic E-state index is 0.0296. The van der Waals surface area contributed by atoms with E-state index < -0.39 is 6.61 Å². The molecule has 0 saturated heterocycles. The predicted octanol–water partition coefficient (Wildman–Crippen LogP) is 4.36. The SMILES string of the molecule is O=C(Cc1ccc2c(c1)OCCO2)Nc1nc(-c2ccccc2OC(F)F)cs1. The molecule has 0 spiro atoms. The van der Waals surface area contributed by atoms with Crippen LogP contribution in [0, 0.1) is 0 Å². The van der Waals surface area contributed by atoms with Gasteiger partial charge in [0, 0.05) is 10.9 Å². The van der Waals surface area contributed by atoms with Gasteiger partial charge in [-0.05, 0) is 29.8 Å². The number of para-hydroxylation sites is 1. The highest BCUT2D eigenvalue weighted by atomic mass is 32.1. The maximum atomic E-state index is 12.6. The second kappa shape index (κ2) is 8.44. The number of thiazole rings is 1. The first-order valence-corrected chi connectivity index (χ1v) is 9.64. The summed E-state index contributed by atoms with van der Waals surface area (Å²) in [5, 5.41) is 4.77. The van der Waals surface area contributed by atoms with Crippen LogP contribution in [-0.4, -0.2) is 30.7 Å². The van der Waals surface area contributed by atoms with Gasteiger partial charge in [-0.3, -0.25) is 4.79 Å². The van der Waals surface area contributed by atoms with Crippen molar-refractivity contribution in [3.05, 3.63) is 53.4 Å². The topological polar surface area (TPSA) is 69.7 Å². The van der Waals surface area contributed by atoms with Gasteiger partial charge in [-0.1, -0.05) is 18.2 Å². The van der Waals surface area contributed by atoms with E-state index in [1.54, 1.807) is 41.8 Å². The molecule has 0 radical (unpaired) electrons. The van der Waals surface area contributed by atoms with Crippen LogP contribution in [0.15, 0.2) is 47.8 Å². The first kappa shape index (κ1) is 19.1. The minimum Gasteiger partial charge on any atom is -0.486 e. The number of nitrogens with zero attached hydrogens (tertiary/aromatic N) is 1. The number of carbonyl (C=O) groups excluding carboxylic acids is 1. The van der Waals surface area contributed by atoms with Crippen LogP contribution < -0.4 is 19.5 Å². The number of hydrogen-bond acceptors (Lipinski definition) is 6. The second-order valence-electron chi connectivity index (χ2n) is 6.12. The van der Waals surface area contributed by atoms with Crippen molar-refractivity contribution in [2.45, 2.75) is 13.0 Å². The maximum absolute atomic E-state index is 12.6. The lowest BCUT2D eigenvalue weighted by atomic mass is 10.1. The lowest BCUT2D eigenvalue weighted by Crippen LogP contribution is -2.17. The zero-order valence-corrected chi connectivity index (χ0v) is 15.9. The summed E-state index contributed by atoms with van der Waals surface area (Å²) in [6.07, 6.45) is 0.136. The van der Waals surface area contributed by atoms with Gasteiger partial charge in [-0.2, -0.15) is 8.78 Å². The highest BCUT2D eigenvalue weighted by molar-refractivity contribution is 7.14. The quantitative estimate of drug-likeness (QED) is 0.644. The summed E-state index contributed by atoms with van der Waals surface area (Å²) in [5.41, 5.74) is 1.65. The smallest absolute Gasteiger partial charge is 0.387 e. The molecular formula is C20H16F2N2O4S. The van der Waals surface area contributed by atoms with Gasteiger partial charge in [-0.15, -0.1) is 11.3 Å². The van der Waals surface area contributed by atoms with Crippen molar-refractivity contribution in [1.82, 2.24) is 4.98 Å². The number of carbonyl (C=O) groups is 1. The molecule has 29 heavy (non-hydrogen) atoms. The largest absolute Gasteiger partial charge is 0.486 e. The molecule has 150 valence electrons. The van der Waals surface area contributed by atoms with E-state index in [9.17, 15) is 13.6 Å². The molecule has 0 unspecified atom stereocenters. The third-order valence-electron chi connectivity index (χ3n) is 4.10. The highest BCUT2D eigenvalue weighted by Crippen LogP contribution is 2.33. The number of rotatable bonds is 6. The summed E-state index contributed by atoms with van der Waals surface area (Å²) < 4.78 is 40.7. The van der Waals surface area contributed by atoms with Gasteiger partial charge in [-0.25, -0.2) is 4.98 Å². The van der Waals surface area contributed by atoms with Crippen LogP contribution in [-0.2, 0) is 11.2 Å². The Morgan fingerprint density at radius 1 is 1.17 bits per heavy atom. The zero-order chi connectivity index (χ0) is 20.2. The molecule has 1 N–H and O–H groups in total. The normalized spacial score (nSPS) is 12.7. The number of fused-ring (bicyclic) bond motifs is 1. The lowest BCUT2D eigenvalue weighted by Gasteiger charge is -2.18. The van der Waals surface area contributed by atoms with Crippen LogP contribution in [0.1, 0.15) is 5.56 Å². The predicted molar refractivity (Wildman–Crippen MR) is 104 cm³/mol. The van der Waals surface area contributed by atoms with Gasteiger partial charge in [0.1, 0.15) is 19.0 Å². The van der Waals surface area contributed by atoms with Crippen molar-refractivity contribution < 1.29 is 27.8 Å². The van der Waals surface area contributed by atoms with Gasteiger partial charge in [0.25, 0.3) is 0 Å². The molecule has 9 heteroatoms. The van der Waals surface area contributed by atoms with E-state index in [-0.39, 0.29) is 18.1 Å². The standard InChI is InChI=1S/C20H16F2N2O4S/c21-19(22)28-15-4-2-1-3-13(15)14-11-29-20(23-14)24-18(25)10-12-5-6-16-17(9-12)27-8-7-26-16/h1-6,9,11,19H,7-8,10H2,(H,23,24,25). The Hall–Kier alpha value is -3.20. The van der Waals surface area contributed by atoms with Gasteiger partial charge >= 0.3 is 6.61 Å². The van der Waals surface area contributed by atoms with E-state index in [2.05, 4.69) is 15.0 Å². The molecule has 6 nitrogen and oxygen atoms in total. The van der Waals surface area contributed by atoms with Crippen LogP contribution in [0.4, 0.5) is 13.9 Å².